The zero-order valence-corrected chi connectivity index (χ0v) is 33.4. The van der Waals surface area contributed by atoms with E-state index in [4.69, 9.17) is 0 Å². The first kappa shape index (κ1) is 37.4. The number of hydrogen-bond donors (Lipinski definition) is 0. The number of benzene rings is 4. The van der Waals surface area contributed by atoms with Crippen LogP contribution in [0.15, 0.2) is 97.1 Å². The summed E-state index contributed by atoms with van der Waals surface area (Å²) < 4.78 is 0. The van der Waals surface area contributed by atoms with Gasteiger partial charge in [0.1, 0.15) is 0 Å². The van der Waals surface area contributed by atoms with Gasteiger partial charge >= 0.3 is 25.8 Å². The van der Waals surface area contributed by atoms with E-state index < -0.39 is 0 Å². The Balaban J connectivity index is 0.00000192. The Bertz CT molecular complexity index is 1740. The first-order valence-corrected chi connectivity index (χ1v) is 16.1. The summed E-state index contributed by atoms with van der Waals surface area (Å²) in [7, 11) is 0. The number of rotatable bonds is 8. The predicted octanol–water partition coefficient (Wildman–Crippen LogP) is 13.3. The van der Waals surface area contributed by atoms with Crippen LogP contribution in [0.3, 0.4) is 0 Å². The number of hydrogen-bond acceptors (Lipinski definition) is 0. The molecule has 0 nitrogen and oxygen atoms in total. The Morgan fingerprint density at radius 1 is 0.522 bits per heavy atom. The van der Waals surface area contributed by atoms with E-state index in [1.54, 1.807) is 0 Å². The summed E-state index contributed by atoms with van der Waals surface area (Å²) >= 11 is 0. The van der Waals surface area contributed by atoms with Gasteiger partial charge in [0.25, 0.3) is 0 Å². The van der Waals surface area contributed by atoms with Crippen LogP contribution in [0.2, 0.25) is 0 Å². The molecule has 0 aliphatic rings. The monoisotopic (exact) mass is 772 g/mol. The summed E-state index contributed by atoms with van der Waals surface area (Å²) in [4.78, 5) is 0. The molecule has 0 aromatic heterocycles. The SMILES string of the molecule is Cc1cc(C)cc(-c2cccc3[cH-]c(C(CC(C)C)(CC(C)C)c4cc5c(-c6cc(C)cc(C)c6)cccc5[cH-]4)cc23)c1.[CH3-].[CH3-].[Hf+4]. The Hall–Kier alpha value is -3.03. The van der Waals surface area contributed by atoms with Crippen LogP contribution in [0, 0.1) is 54.4 Å². The van der Waals surface area contributed by atoms with Gasteiger partial charge < -0.3 is 14.9 Å². The van der Waals surface area contributed by atoms with Crippen molar-refractivity contribution in [3.05, 3.63) is 145 Å². The smallest absolute Gasteiger partial charge is 0.358 e. The van der Waals surface area contributed by atoms with Crippen molar-refractivity contribution in [3.8, 4) is 22.3 Å². The fourth-order valence-corrected chi connectivity index (χ4v) is 7.90. The van der Waals surface area contributed by atoms with Crippen molar-refractivity contribution in [1.29, 1.82) is 0 Å². The molecule has 6 rings (SSSR count). The van der Waals surface area contributed by atoms with Crippen LogP contribution in [0.5, 0.6) is 0 Å². The second-order valence-electron chi connectivity index (χ2n) is 14.1. The molecule has 0 bridgehead atoms. The minimum absolute atomic E-state index is 0. The first-order chi connectivity index (χ1) is 20.5. The Labute approximate surface area is 298 Å². The van der Waals surface area contributed by atoms with Gasteiger partial charge in [-0.3, -0.25) is 0 Å². The van der Waals surface area contributed by atoms with Gasteiger partial charge in [-0.1, -0.05) is 110 Å². The third-order valence-electron chi connectivity index (χ3n) is 9.19. The molecule has 0 spiro atoms. The minimum atomic E-state index is -0.0695. The van der Waals surface area contributed by atoms with Gasteiger partial charge in [-0.05, 0) is 68.9 Å². The first-order valence-electron chi connectivity index (χ1n) is 16.1. The van der Waals surface area contributed by atoms with Crippen LogP contribution in [0.25, 0.3) is 43.8 Å². The topological polar surface area (TPSA) is 0 Å². The van der Waals surface area contributed by atoms with Gasteiger partial charge in [-0.15, -0.1) is 69.1 Å². The van der Waals surface area contributed by atoms with E-state index in [1.807, 2.05) is 0 Å². The molecule has 0 amide bonds. The molecule has 0 saturated carbocycles. The Morgan fingerprint density at radius 3 is 1.20 bits per heavy atom. The molecular weight excluding hydrogens is 719 g/mol. The maximum Gasteiger partial charge on any atom is 4.00 e. The van der Waals surface area contributed by atoms with Crippen LogP contribution in [-0.2, 0) is 31.3 Å². The maximum atomic E-state index is 2.54. The Morgan fingerprint density at radius 2 is 0.870 bits per heavy atom. The zero-order chi connectivity index (χ0) is 30.5. The maximum absolute atomic E-state index is 2.54. The summed E-state index contributed by atoms with van der Waals surface area (Å²) in [5, 5.41) is 5.42. The van der Waals surface area contributed by atoms with Gasteiger partial charge in [0, 0.05) is 0 Å². The summed E-state index contributed by atoms with van der Waals surface area (Å²) in [6.07, 6.45) is 2.24. The minimum Gasteiger partial charge on any atom is -0.358 e. The van der Waals surface area contributed by atoms with Crippen molar-refractivity contribution < 1.29 is 25.8 Å². The summed E-state index contributed by atoms with van der Waals surface area (Å²) in [5.74, 6) is 1.13. The molecule has 6 aromatic carbocycles. The molecule has 0 radical (unpaired) electrons. The van der Waals surface area contributed by atoms with E-state index >= 15 is 0 Å². The molecule has 1 heteroatoms. The third-order valence-corrected chi connectivity index (χ3v) is 9.19. The van der Waals surface area contributed by atoms with Gasteiger partial charge in [-0.25, -0.2) is 0 Å². The molecular formula is C45H52Hf. The van der Waals surface area contributed by atoms with Crippen molar-refractivity contribution >= 4 is 21.5 Å². The standard InChI is InChI=1S/C43H46.2CH3.Hf/c1-27(2)25-43(26-28(3)4,37-21-33-11-9-13-39(41(33)23-37)35-17-29(5)15-30(6)18-35)38-22-34-12-10-14-40(42(34)24-38)36-19-31(7)16-32(8)20-36;;;/h9-24,27-28H,25-26H2,1-8H3;2*1H3;/q-2;2*-1;+4. The average Bonchev–Trinajstić information content (AvgIpc) is 3.56. The quantitative estimate of drug-likeness (QED) is 0.107. The van der Waals surface area contributed by atoms with Crippen LogP contribution in [-0.4, -0.2) is 0 Å². The molecule has 0 fully saturated rings. The van der Waals surface area contributed by atoms with E-state index in [9.17, 15) is 0 Å². The van der Waals surface area contributed by atoms with Crippen LogP contribution in [0.1, 0.15) is 73.9 Å². The van der Waals surface area contributed by atoms with E-state index in [1.165, 1.54) is 77.2 Å². The molecule has 0 aliphatic carbocycles. The van der Waals surface area contributed by atoms with Crippen molar-refractivity contribution in [2.24, 2.45) is 11.8 Å². The number of fused-ring (bicyclic) bond motifs is 2. The summed E-state index contributed by atoms with van der Waals surface area (Å²) in [6.45, 7) is 18.4. The molecule has 236 valence electrons. The molecule has 46 heavy (non-hydrogen) atoms. The van der Waals surface area contributed by atoms with Crippen molar-refractivity contribution in [2.75, 3.05) is 0 Å². The van der Waals surface area contributed by atoms with E-state index in [2.05, 4.69) is 152 Å². The molecule has 0 saturated heterocycles. The summed E-state index contributed by atoms with van der Waals surface area (Å²) in [6, 6.07) is 37.7. The predicted molar refractivity (Wildman–Crippen MR) is 201 cm³/mol. The molecule has 0 N–H and O–H groups in total. The van der Waals surface area contributed by atoms with Crippen molar-refractivity contribution in [2.45, 2.75) is 73.6 Å². The van der Waals surface area contributed by atoms with Crippen molar-refractivity contribution in [3.63, 3.8) is 0 Å². The third kappa shape index (κ3) is 7.26. The normalized spacial score (nSPS) is 11.5. The van der Waals surface area contributed by atoms with E-state index in [0.717, 1.165) is 12.8 Å². The Kier molecular flexibility index (Phi) is 12.1. The van der Waals surface area contributed by atoms with Gasteiger partial charge in [0.15, 0.2) is 0 Å². The molecule has 0 heterocycles. The molecule has 6 aromatic rings. The molecule has 0 atom stereocenters. The second-order valence-corrected chi connectivity index (χ2v) is 14.1. The fraction of sp³-hybridized carbons (Fsp3) is 0.289. The fourth-order valence-electron chi connectivity index (χ4n) is 7.90. The summed E-state index contributed by atoms with van der Waals surface area (Å²) in [5.41, 5.74) is 13.4. The zero-order valence-electron chi connectivity index (χ0n) is 29.8. The van der Waals surface area contributed by atoms with Gasteiger partial charge in [-0.2, -0.15) is 12.1 Å². The average molecular weight is 771 g/mol. The largest absolute Gasteiger partial charge is 4.00 e. The second kappa shape index (κ2) is 14.8. The van der Waals surface area contributed by atoms with Crippen LogP contribution >= 0.6 is 0 Å². The van der Waals surface area contributed by atoms with Crippen LogP contribution < -0.4 is 0 Å². The van der Waals surface area contributed by atoms with Crippen LogP contribution in [0.4, 0.5) is 0 Å². The van der Waals surface area contributed by atoms with Gasteiger partial charge in [0.2, 0.25) is 0 Å². The molecule has 0 aliphatic heterocycles. The molecule has 0 unspecified atom stereocenters. The van der Waals surface area contributed by atoms with E-state index in [-0.39, 0.29) is 46.1 Å². The van der Waals surface area contributed by atoms with Gasteiger partial charge in [0.05, 0.1) is 0 Å². The van der Waals surface area contributed by atoms with E-state index in [0.29, 0.717) is 11.8 Å². The van der Waals surface area contributed by atoms with Crippen molar-refractivity contribution in [1.82, 2.24) is 0 Å². The number of aryl methyl sites for hydroxylation is 4.